The smallest absolute Gasteiger partial charge is 0.166 e. The van der Waals surface area contributed by atoms with Gasteiger partial charge < -0.3 is 4.90 Å². The molecule has 2 aromatic rings. The summed E-state index contributed by atoms with van der Waals surface area (Å²) in [6.07, 6.45) is 6.18. The molecule has 0 aliphatic carbocycles. The molecule has 3 rings (SSSR count). The van der Waals surface area contributed by atoms with Gasteiger partial charge in [-0.05, 0) is 57.8 Å². The van der Waals surface area contributed by atoms with E-state index in [1.165, 1.54) is 25.9 Å². The second-order valence-electron chi connectivity index (χ2n) is 6.28. The number of hydrogen-bond acceptors (Lipinski definition) is 3. The van der Waals surface area contributed by atoms with E-state index in [1.54, 1.807) is 0 Å². The number of piperidine rings is 1. The first-order chi connectivity index (χ1) is 10.2. The monoisotopic (exact) mass is 285 g/mol. The Morgan fingerprint density at radius 2 is 2.10 bits per heavy atom. The third-order valence-electron chi connectivity index (χ3n) is 4.63. The number of aldehydes is 1. The zero-order chi connectivity index (χ0) is 14.8. The molecule has 0 aromatic carbocycles. The molecular weight excluding hydrogens is 262 g/mol. The van der Waals surface area contributed by atoms with E-state index in [0.29, 0.717) is 17.7 Å². The van der Waals surface area contributed by atoms with E-state index in [2.05, 4.69) is 23.7 Å². The highest BCUT2D eigenvalue weighted by Gasteiger charge is 2.22. The standard InChI is InChI=1S/C17H23N3O/c1-13(2)19-8-6-14(7-9-19)10-17-18-11-15-4-3-5-16(12-21)20(15)17/h3-5,11-14H,6-10H2,1-2H3. The molecule has 0 N–H and O–H groups in total. The minimum absolute atomic E-state index is 0.639. The summed E-state index contributed by atoms with van der Waals surface area (Å²) < 4.78 is 2.00. The third kappa shape index (κ3) is 2.86. The molecule has 1 saturated heterocycles. The molecule has 21 heavy (non-hydrogen) atoms. The lowest BCUT2D eigenvalue weighted by atomic mass is 9.92. The largest absolute Gasteiger partial charge is 0.301 e. The average Bonchev–Trinajstić information content (AvgIpc) is 2.91. The van der Waals surface area contributed by atoms with Crippen LogP contribution >= 0.6 is 0 Å². The Morgan fingerprint density at radius 3 is 2.76 bits per heavy atom. The van der Waals surface area contributed by atoms with Crippen molar-refractivity contribution in [3.05, 3.63) is 35.9 Å². The lowest BCUT2D eigenvalue weighted by Gasteiger charge is -2.34. The Bertz CT molecular complexity index is 624. The molecule has 0 spiro atoms. The van der Waals surface area contributed by atoms with Crippen molar-refractivity contribution in [1.82, 2.24) is 14.3 Å². The van der Waals surface area contributed by atoms with Crippen molar-refractivity contribution in [2.45, 2.75) is 39.2 Å². The fraction of sp³-hybridized carbons (Fsp3) is 0.529. The van der Waals surface area contributed by atoms with Gasteiger partial charge in [-0.3, -0.25) is 9.20 Å². The van der Waals surface area contributed by atoms with Crippen molar-refractivity contribution < 1.29 is 4.79 Å². The van der Waals surface area contributed by atoms with Crippen LogP contribution in [0.1, 0.15) is 43.0 Å². The molecule has 0 atom stereocenters. The minimum Gasteiger partial charge on any atom is -0.301 e. The minimum atomic E-state index is 0.639. The van der Waals surface area contributed by atoms with Crippen LogP contribution in [0.25, 0.3) is 5.52 Å². The highest BCUT2D eigenvalue weighted by molar-refractivity contribution is 5.74. The Labute approximate surface area is 125 Å². The van der Waals surface area contributed by atoms with Gasteiger partial charge in [0.1, 0.15) is 5.82 Å². The number of nitrogens with zero attached hydrogens (tertiary/aromatic N) is 3. The predicted octanol–water partition coefficient (Wildman–Crippen LogP) is 2.81. The topological polar surface area (TPSA) is 37.6 Å². The number of likely N-dealkylation sites (tertiary alicyclic amines) is 1. The van der Waals surface area contributed by atoms with Gasteiger partial charge in [-0.15, -0.1) is 0 Å². The molecule has 4 nitrogen and oxygen atoms in total. The summed E-state index contributed by atoms with van der Waals surface area (Å²) in [4.78, 5) is 18.3. The molecule has 1 fully saturated rings. The Kier molecular flexibility index (Phi) is 4.06. The first kappa shape index (κ1) is 14.3. The van der Waals surface area contributed by atoms with Gasteiger partial charge in [0.15, 0.2) is 6.29 Å². The Hall–Kier alpha value is -1.68. The zero-order valence-electron chi connectivity index (χ0n) is 12.8. The van der Waals surface area contributed by atoms with Gasteiger partial charge in [0, 0.05) is 12.5 Å². The number of hydrogen-bond donors (Lipinski definition) is 0. The summed E-state index contributed by atoms with van der Waals surface area (Å²) in [6, 6.07) is 6.41. The molecular formula is C17H23N3O. The normalized spacial score (nSPS) is 17.7. The number of aromatic nitrogens is 2. The summed E-state index contributed by atoms with van der Waals surface area (Å²) >= 11 is 0. The van der Waals surface area contributed by atoms with E-state index >= 15 is 0 Å². The fourth-order valence-electron chi connectivity index (χ4n) is 3.31. The van der Waals surface area contributed by atoms with Gasteiger partial charge in [-0.2, -0.15) is 0 Å². The Balaban J connectivity index is 1.76. The van der Waals surface area contributed by atoms with Gasteiger partial charge >= 0.3 is 0 Å². The van der Waals surface area contributed by atoms with E-state index in [4.69, 9.17) is 0 Å². The van der Waals surface area contributed by atoms with Crippen LogP contribution in [-0.2, 0) is 6.42 Å². The van der Waals surface area contributed by atoms with Crippen molar-refractivity contribution in [3.8, 4) is 0 Å². The summed E-state index contributed by atoms with van der Waals surface area (Å²) in [6.45, 7) is 6.87. The van der Waals surface area contributed by atoms with Gasteiger partial charge in [0.2, 0.25) is 0 Å². The third-order valence-corrected chi connectivity index (χ3v) is 4.63. The number of carbonyl (C=O) groups is 1. The first-order valence-corrected chi connectivity index (χ1v) is 7.83. The molecule has 0 unspecified atom stereocenters. The van der Waals surface area contributed by atoms with Crippen LogP contribution < -0.4 is 0 Å². The predicted molar refractivity (Wildman–Crippen MR) is 83.7 cm³/mol. The van der Waals surface area contributed by atoms with Gasteiger partial charge in [-0.25, -0.2) is 4.98 Å². The van der Waals surface area contributed by atoms with E-state index in [-0.39, 0.29) is 0 Å². The molecule has 0 saturated carbocycles. The summed E-state index contributed by atoms with van der Waals surface area (Å²) in [7, 11) is 0. The zero-order valence-corrected chi connectivity index (χ0v) is 12.8. The van der Waals surface area contributed by atoms with Crippen molar-refractivity contribution in [2.24, 2.45) is 5.92 Å². The number of carbonyl (C=O) groups excluding carboxylic acids is 1. The van der Waals surface area contributed by atoms with Gasteiger partial charge in [0.25, 0.3) is 0 Å². The van der Waals surface area contributed by atoms with Crippen molar-refractivity contribution in [2.75, 3.05) is 13.1 Å². The molecule has 3 heterocycles. The van der Waals surface area contributed by atoms with Gasteiger partial charge in [0.05, 0.1) is 17.4 Å². The molecule has 4 heteroatoms. The second-order valence-corrected chi connectivity index (χ2v) is 6.28. The molecule has 0 amide bonds. The van der Waals surface area contributed by atoms with Crippen LogP contribution in [0.15, 0.2) is 24.4 Å². The summed E-state index contributed by atoms with van der Waals surface area (Å²) in [5, 5.41) is 0. The maximum atomic E-state index is 11.2. The highest BCUT2D eigenvalue weighted by atomic mass is 16.1. The number of pyridine rings is 1. The maximum Gasteiger partial charge on any atom is 0.166 e. The van der Waals surface area contributed by atoms with Crippen LogP contribution in [0, 0.1) is 5.92 Å². The first-order valence-electron chi connectivity index (χ1n) is 7.83. The summed E-state index contributed by atoms with van der Waals surface area (Å²) in [5.74, 6) is 1.70. The van der Waals surface area contributed by atoms with Crippen molar-refractivity contribution in [3.63, 3.8) is 0 Å². The van der Waals surface area contributed by atoms with Crippen LogP contribution in [-0.4, -0.2) is 39.7 Å². The van der Waals surface area contributed by atoms with Crippen molar-refractivity contribution >= 4 is 11.8 Å². The van der Waals surface area contributed by atoms with E-state index in [0.717, 1.165) is 24.0 Å². The molecule has 1 aliphatic heterocycles. The van der Waals surface area contributed by atoms with Crippen LogP contribution in [0.3, 0.4) is 0 Å². The van der Waals surface area contributed by atoms with Gasteiger partial charge in [-0.1, -0.05) is 6.07 Å². The van der Waals surface area contributed by atoms with Crippen LogP contribution in [0.2, 0.25) is 0 Å². The molecule has 112 valence electrons. The lowest BCUT2D eigenvalue weighted by molar-refractivity contribution is 0.111. The molecule has 1 aliphatic rings. The van der Waals surface area contributed by atoms with Crippen LogP contribution in [0.5, 0.6) is 0 Å². The number of fused-ring (bicyclic) bond motifs is 1. The van der Waals surface area contributed by atoms with E-state index in [9.17, 15) is 4.79 Å². The fourth-order valence-corrected chi connectivity index (χ4v) is 3.31. The van der Waals surface area contributed by atoms with Crippen LogP contribution in [0.4, 0.5) is 0 Å². The Morgan fingerprint density at radius 1 is 1.33 bits per heavy atom. The maximum absolute atomic E-state index is 11.2. The number of imidazole rings is 1. The van der Waals surface area contributed by atoms with E-state index < -0.39 is 0 Å². The molecule has 2 aromatic heterocycles. The SMILES string of the molecule is CC(C)N1CCC(Cc2ncc3cccc(C=O)n23)CC1. The van der Waals surface area contributed by atoms with E-state index in [1.807, 2.05) is 28.8 Å². The average molecular weight is 285 g/mol. The molecule has 0 bridgehead atoms. The number of rotatable bonds is 4. The second kappa shape index (κ2) is 5.98. The highest BCUT2D eigenvalue weighted by Crippen LogP contribution is 2.23. The lowest BCUT2D eigenvalue weighted by Crippen LogP contribution is -2.39. The van der Waals surface area contributed by atoms with Crippen molar-refractivity contribution in [1.29, 1.82) is 0 Å². The quantitative estimate of drug-likeness (QED) is 0.811. The molecule has 0 radical (unpaired) electrons. The summed E-state index contributed by atoms with van der Waals surface area (Å²) in [5.41, 5.74) is 1.70.